The highest BCUT2D eigenvalue weighted by molar-refractivity contribution is 5.89. The van der Waals surface area contributed by atoms with E-state index < -0.39 is 24.1 Å². The summed E-state index contributed by atoms with van der Waals surface area (Å²) in [5, 5.41) is 0.363. The van der Waals surface area contributed by atoms with Crippen LogP contribution in [0.25, 0.3) is 0 Å². The third-order valence-corrected chi connectivity index (χ3v) is 1.96. The molecule has 1 amide bonds. The topological polar surface area (TPSA) is 58.8 Å². The molecule has 0 aromatic heterocycles. The van der Waals surface area contributed by atoms with Gasteiger partial charge in [0.2, 0.25) is 6.35 Å². The smallest absolute Gasteiger partial charge is 0.343 e. The molecular formula is C7H10F3N3O2. The number of allylic oxidation sites excluding steroid dienone is 1. The lowest BCUT2D eigenvalue weighted by Crippen LogP contribution is -2.57. The Morgan fingerprint density at radius 2 is 2.07 bits per heavy atom. The highest BCUT2D eigenvalue weighted by Crippen LogP contribution is 2.30. The molecule has 0 saturated carbocycles. The van der Waals surface area contributed by atoms with Crippen LogP contribution in [-0.2, 0) is 9.53 Å². The summed E-state index contributed by atoms with van der Waals surface area (Å²) in [5.41, 5.74) is -1.22. The molecule has 1 aliphatic heterocycles. The number of hydrogen-bond donors (Lipinski definition) is 1. The molecule has 0 bridgehead atoms. The van der Waals surface area contributed by atoms with Crippen LogP contribution < -0.4 is 5.84 Å². The van der Waals surface area contributed by atoms with Crippen molar-refractivity contribution >= 4 is 5.91 Å². The summed E-state index contributed by atoms with van der Waals surface area (Å²) in [6, 6.07) is 0. The highest BCUT2D eigenvalue weighted by atomic mass is 19.4. The number of hydrazine groups is 1. The van der Waals surface area contributed by atoms with Crippen LogP contribution in [0.15, 0.2) is 11.8 Å². The van der Waals surface area contributed by atoms with Crippen LogP contribution in [0.5, 0.6) is 0 Å². The first-order valence-corrected chi connectivity index (χ1v) is 3.91. The maximum Gasteiger partial charge on any atom is 0.432 e. The average Bonchev–Trinajstić information content (AvgIpc) is 2.10. The van der Waals surface area contributed by atoms with Crippen molar-refractivity contribution < 1.29 is 22.7 Å². The normalized spacial score (nSPS) is 23.2. The number of halogens is 3. The van der Waals surface area contributed by atoms with Gasteiger partial charge in [-0.3, -0.25) is 14.7 Å². The number of hydrogen-bond acceptors (Lipinski definition) is 4. The number of nitrogens with two attached hydrogens (primary N) is 1. The van der Waals surface area contributed by atoms with E-state index in [1.54, 1.807) is 0 Å². The Bertz CT molecular complexity index is 302. The summed E-state index contributed by atoms with van der Waals surface area (Å²) in [4.78, 5) is 12.1. The second-order valence-corrected chi connectivity index (χ2v) is 2.95. The summed E-state index contributed by atoms with van der Waals surface area (Å²) >= 11 is 0. The van der Waals surface area contributed by atoms with E-state index in [1.807, 2.05) is 0 Å². The molecule has 0 aromatic rings. The molecule has 0 aliphatic carbocycles. The molecule has 1 unspecified atom stereocenters. The van der Waals surface area contributed by atoms with Crippen molar-refractivity contribution in [1.29, 1.82) is 0 Å². The molecule has 1 atom stereocenters. The zero-order chi connectivity index (χ0) is 11.8. The molecule has 1 heterocycles. The zero-order valence-corrected chi connectivity index (χ0v) is 8.08. The highest BCUT2D eigenvalue weighted by Gasteiger charge is 2.44. The molecule has 0 aromatic carbocycles. The fourth-order valence-corrected chi connectivity index (χ4v) is 1.21. The Kier molecular flexibility index (Phi) is 2.91. The second-order valence-electron chi connectivity index (χ2n) is 2.95. The Morgan fingerprint density at radius 3 is 2.47 bits per heavy atom. The third kappa shape index (κ3) is 2.05. The van der Waals surface area contributed by atoms with Crippen LogP contribution in [0.2, 0.25) is 0 Å². The largest absolute Gasteiger partial charge is 0.432 e. The van der Waals surface area contributed by atoms with Crippen LogP contribution in [0.1, 0.15) is 0 Å². The maximum absolute atomic E-state index is 12.4. The Balaban J connectivity index is 3.09. The minimum absolute atomic E-state index is 0.363. The molecular weight excluding hydrogens is 215 g/mol. The quantitative estimate of drug-likeness (QED) is 0.639. The Morgan fingerprint density at radius 1 is 1.53 bits per heavy atom. The predicted molar refractivity (Wildman–Crippen MR) is 43.7 cm³/mol. The lowest BCUT2D eigenvalue weighted by Gasteiger charge is -2.39. The second kappa shape index (κ2) is 3.70. The summed E-state index contributed by atoms with van der Waals surface area (Å²) in [6.45, 7) is 0. The van der Waals surface area contributed by atoms with Crippen molar-refractivity contribution in [3.8, 4) is 0 Å². The first kappa shape index (κ1) is 11.8. The summed E-state index contributed by atoms with van der Waals surface area (Å²) in [6.07, 6.45) is -5.50. The summed E-state index contributed by atoms with van der Waals surface area (Å²) in [5.74, 6) is 4.39. The monoisotopic (exact) mass is 225 g/mol. The van der Waals surface area contributed by atoms with E-state index >= 15 is 0 Å². The van der Waals surface area contributed by atoms with Gasteiger partial charge in [-0.1, -0.05) is 0 Å². The first-order valence-electron chi connectivity index (χ1n) is 3.91. The number of rotatable bonds is 1. The molecule has 8 heteroatoms. The number of methoxy groups -OCH3 is 1. The maximum atomic E-state index is 12.4. The van der Waals surface area contributed by atoms with Crippen molar-refractivity contribution in [3.63, 3.8) is 0 Å². The van der Waals surface area contributed by atoms with Crippen LogP contribution >= 0.6 is 0 Å². The molecule has 1 rings (SSSR count). The van der Waals surface area contributed by atoms with Gasteiger partial charge in [0, 0.05) is 20.2 Å². The van der Waals surface area contributed by atoms with Crippen molar-refractivity contribution in [2.75, 3.05) is 14.2 Å². The fourth-order valence-electron chi connectivity index (χ4n) is 1.21. The van der Waals surface area contributed by atoms with Crippen molar-refractivity contribution in [1.82, 2.24) is 9.91 Å². The van der Waals surface area contributed by atoms with Crippen LogP contribution in [-0.4, -0.2) is 42.5 Å². The van der Waals surface area contributed by atoms with Gasteiger partial charge >= 0.3 is 6.18 Å². The molecule has 15 heavy (non-hydrogen) atoms. The van der Waals surface area contributed by atoms with Gasteiger partial charge in [-0.15, -0.1) is 0 Å². The molecule has 0 fully saturated rings. The lowest BCUT2D eigenvalue weighted by molar-refractivity contribution is -0.182. The molecule has 0 radical (unpaired) electrons. The van der Waals surface area contributed by atoms with Gasteiger partial charge in [-0.05, 0) is 0 Å². The standard InChI is InChI=1S/C7H10F3N3O2/c1-12-5(14)3-4(7(8,9)10)13(11)6(12)15-2/h3,6H,11H2,1-2H3. The molecule has 86 valence electrons. The van der Waals surface area contributed by atoms with Gasteiger partial charge < -0.3 is 4.74 Å². The van der Waals surface area contributed by atoms with Crippen LogP contribution in [0.4, 0.5) is 13.2 Å². The Hall–Kier alpha value is -1.28. The van der Waals surface area contributed by atoms with Crippen LogP contribution in [0.3, 0.4) is 0 Å². The van der Waals surface area contributed by atoms with Gasteiger partial charge in [0.1, 0.15) is 5.70 Å². The number of nitrogens with zero attached hydrogens (tertiary/aromatic N) is 2. The van der Waals surface area contributed by atoms with E-state index in [0.717, 1.165) is 12.0 Å². The van der Waals surface area contributed by atoms with E-state index in [4.69, 9.17) is 5.84 Å². The SMILES string of the molecule is COC1N(C)C(=O)C=C(C(F)(F)F)N1N. The number of ether oxygens (including phenoxy) is 1. The zero-order valence-electron chi connectivity index (χ0n) is 8.08. The van der Waals surface area contributed by atoms with Gasteiger partial charge in [0.25, 0.3) is 5.91 Å². The number of amides is 1. The van der Waals surface area contributed by atoms with Crippen molar-refractivity contribution in [2.24, 2.45) is 5.84 Å². The number of carbonyl (C=O) groups is 1. The average molecular weight is 225 g/mol. The minimum atomic E-state index is -4.68. The van der Waals surface area contributed by atoms with Gasteiger partial charge in [0.15, 0.2) is 0 Å². The molecule has 5 nitrogen and oxygen atoms in total. The van der Waals surface area contributed by atoms with E-state index in [-0.39, 0.29) is 0 Å². The first-order chi connectivity index (χ1) is 6.79. The van der Waals surface area contributed by atoms with Gasteiger partial charge in [0.05, 0.1) is 0 Å². The Labute approximate surface area is 83.8 Å². The van der Waals surface area contributed by atoms with E-state index in [2.05, 4.69) is 4.74 Å². The molecule has 2 N–H and O–H groups in total. The number of carbonyl (C=O) groups excluding carboxylic acids is 1. The molecule has 0 saturated heterocycles. The van der Waals surface area contributed by atoms with E-state index in [1.165, 1.54) is 7.05 Å². The molecule has 1 aliphatic rings. The fraction of sp³-hybridized carbons (Fsp3) is 0.571. The number of likely N-dealkylation sites (N-methyl/N-ethyl adjacent to an activating group) is 1. The van der Waals surface area contributed by atoms with Gasteiger partial charge in [-0.25, -0.2) is 5.84 Å². The van der Waals surface area contributed by atoms with Gasteiger partial charge in [-0.2, -0.15) is 13.2 Å². The van der Waals surface area contributed by atoms with E-state index in [9.17, 15) is 18.0 Å². The lowest BCUT2D eigenvalue weighted by atomic mass is 10.3. The van der Waals surface area contributed by atoms with Crippen molar-refractivity contribution in [2.45, 2.75) is 12.5 Å². The third-order valence-electron chi connectivity index (χ3n) is 1.96. The summed E-state index contributed by atoms with van der Waals surface area (Å²) < 4.78 is 41.8. The minimum Gasteiger partial charge on any atom is -0.343 e. The number of alkyl halides is 3. The van der Waals surface area contributed by atoms with Crippen molar-refractivity contribution in [3.05, 3.63) is 11.8 Å². The molecule has 0 spiro atoms. The van der Waals surface area contributed by atoms with E-state index in [0.29, 0.717) is 11.1 Å². The van der Waals surface area contributed by atoms with Crippen LogP contribution in [0, 0.1) is 0 Å². The summed E-state index contributed by atoms with van der Waals surface area (Å²) in [7, 11) is 2.45. The predicted octanol–water partition coefficient (Wildman–Crippen LogP) is 0.0103.